The van der Waals surface area contributed by atoms with Crippen molar-refractivity contribution < 1.29 is 18.7 Å². The van der Waals surface area contributed by atoms with E-state index in [-0.39, 0.29) is 12.0 Å². The largest absolute Gasteiger partial charge is 0.481 e. The predicted octanol–water partition coefficient (Wildman–Crippen LogP) is 8.41. The summed E-state index contributed by atoms with van der Waals surface area (Å²) in [6.07, 6.45) is 18.4. The summed E-state index contributed by atoms with van der Waals surface area (Å²) in [7, 11) is 0. The van der Waals surface area contributed by atoms with E-state index >= 15 is 0 Å². The van der Waals surface area contributed by atoms with Gasteiger partial charge in [0.2, 0.25) is 0 Å². The molecule has 1 fully saturated rings. The molecule has 2 aliphatic carbocycles. The van der Waals surface area contributed by atoms with Gasteiger partial charge in [-0.2, -0.15) is 8.78 Å². The molecule has 0 aliphatic heterocycles. The summed E-state index contributed by atoms with van der Waals surface area (Å²) in [5.74, 6) is -2.39. The molecule has 2 N–H and O–H groups in total. The van der Waals surface area contributed by atoms with Crippen LogP contribution in [0.15, 0.2) is 72.5 Å². The Hall–Kier alpha value is -3.87. The third-order valence-corrected chi connectivity index (χ3v) is 8.08. The second-order valence-corrected chi connectivity index (χ2v) is 10.8. The summed E-state index contributed by atoms with van der Waals surface area (Å²) < 4.78 is 29.5. The molecule has 1 aromatic carbocycles. The maximum Gasteiger partial charge on any atom is 0.303 e. The van der Waals surface area contributed by atoms with Gasteiger partial charge in [0.25, 0.3) is 5.92 Å². The van der Waals surface area contributed by atoms with E-state index in [0.717, 1.165) is 60.5 Å². The van der Waals surface area contributed by atoms with Crippen molar-refractivity contribution in [2.45, 2.75) is 64.7 Å². The topological polar surface area (TPSA) is 78.9 Å². The van der Waals surface area contributed by atoms with Crippen LogP contribution in [0.2, 0.25) is 0 Å². The molecular weight excluding hydrogens is 508 g/mol. The second-order valence-electron chi connectivity index (χ2n) is 10.8. The van der Waals surface area contributed by atoms with Crippen LogP contribution in [0.5, 0.6) is 0 Å². The molecule has 0 amide bonds. The van der Waals surface area contributed by atoms with Crippen LogP contribution in [0.4, 0.5) is 8.78 Å². The predicted molar refractivity (Wildman–Crippen MR) is 155 cm³/mol. The van der Waals surface area contributed by atoms with Gasteiger partial charge in [-0.25, -0.2) is 4.98 Å². The number of alkyl halides is 2. The SMILES string of the molecule is CC=CC(F)(F)c1cc2nc(-c3ccc(C4=CCC=C(C5CCC(CC(=O)O)CC5)C=C4)nc3)[nH]c2cc1CC. The quantitative estimate of drug-likeness (QED) is 0.280. The number of hydrogen-bond acceptors (Lipinski definition) is 3. The highest BCUT2D eigenvalue weighted by atomic mass is 19.3. The minimum absolute atomic E-state index is 0.0134. The number of rotatable bonds is 8. The van der Waals surface area contributed by atoms with Crippen molar-refractivity contribution in [3.8, 4) is 11.4 Å². The molecule has 0 bridgehead atoms. The lowest BCUT2D eigenvalue weighted by molar-refractivity contribution is -0.138. The first kappa shape index (κ1) is 27.7. The molecule has 3 aromatic rings. The number of halogens is 2. The molecule has 2 aliphatic rings. The van der Waals surface area contributed by atoms with Crippen molar-refractivity contribution in [3.05, 3.63) is 89.3 Å². The monoisotopic (exact) mass is 543 g/mol. The molecule has 5 nitrogen and oxygen atoms in total. The van der Waals surface area contributed by atoms with Gasteiger partial charge in [-0.15, -0.1) is 0 Å². The Balaban J connectivity index is 1.30. The van der Waals surface area contributed by atoms with E-state index in [4.69, 9.17) is 10.1 Å². The summed E-state index contributed by atoms with van der Waals surface area (Å²) in [6, 6.07) is 7.17. The van der Waals surface area contributed by atoms with E-state index < -0.39 is 11.9 Å². The molecule has 1 saturated carbocycles. The maximum atomic E-state index is 14.7. The Morgan fingerprint density at radius 1 is 1.15 bits per heavy atom. The van der Waals surface area contributed by atoms with Gasteiger partial charge in [-0.05, 0) is 104 Å². The van der Waals surface area contributed by atoms with Crippen LogP contribution in [0.25, 0.3) is 28.0 Å². The number of hydrogen-bond donors (Lipinski definition) is 2. The Morgan fingerprint density at radius 2 is 1.95 bits per heavy atom. The zero-order valence-electron chi connectivity index (χ0n) is 23.0. The van der Waals surface area contributed by atoms with Gasteiger partial charge in [0.05, 0.1) is 16.7 Å². The number of imidazole rings is 1. The lowest BCUT2D eigenvalue weighted by atomic mass is 9.77. The van der Waals surface area contributed by atoms with E-state index in [1.54, 1.807) is 19.2 Å². The van der Waals surface area contributed by atoms with Crippen LogP contribution >= 0.6 is 0 Å². The molecule has 2 heterocycles. The van der Waals surface area contributed by atoms with Crippen LogP contribution in [-0.2, 0) is 17.1 Å². The summed E-state index contributed by atoms with van der Waals surface area (Å²) in [4.78, 5) is 23.6. The van der Waals surface area contributed by atoms with Crippen LogP contribution < -0.4 is 0 Å². The fourth-order valence-corrected chi connectivity index (χ4v) is 5.93. The van der Waals surface area contributed by atoms with Crippen LogP contribution in [-0.4, -0.2) is 26.0 Å². The highest BCUT2D eigenvalue weighted by Crippen LogP contribution is 2.37. The van der Waals surface area contributed by atoms with Crippen molar-refractivity contribution in [1.82, 2.24) is 15.0 Å². The van der Waals surface area contributed by atoms with E-state index in [2.05, 4.69) is 34.3 Å². The number of H-pyrrole nitrogens is 1. The van der Waals surface area contributed by atoms with Crippen molar-refractivity contribution in [1.29, 1.82) is 0 Å². The number of carboxylic acids is 1. The molecule has 40 heavy (non-hydrogen) atoms. The molecule has 0 unspecified atom stereocenters. The summed E-state index contributed by atoms with van der Waals surface area (Å²) in [5.41, 5.74) is 5.82. The molecule has 0 atom stereocenters. The van der Waals surface area contributed by atoms with Crippen molar-refractivity contribution in [2.75, 3.05) is 0 Å². The van der Waals surface area contributed by atoms with E-state index in [9.17, 15) is 13.6 Å². The van der Waals surface area contributed by atoms with Crippen molar-refractivity contribution >= 4 is 22.6 Å². The summed E-state index contributed by atoms with van der Waals surface area (Å²) in [6.45, 7) is 3.47. The molecule has 7 heteroatoms. The van der Waals surface area contributed by atoms with Crippen molar-refractivity contribution in [2.24, 2.45) is 11.8 Å². The van der Waals surface area contributed by atoms with Gasteiger partial charge in [-0.3, -0.25) is 9.78 Å². The fraction of sp³-hybridized carbons (Fsp3) is 0.364. The lowest BCUT2D eigenvalue weighted by Crippen LogP contribution is -2.18. The fourth-order valence-electron chi connectivity index (χ4n) is 5.93. The van der Waals surface area contributed by atoms with E-state index in [0.29, 0.717) is 35.2 Å². The normalized spacial score (nSPS) is 20.0. The lowest BCUT2D eigenvalue weighted by Gasteiger charge is -2.28. The number of aliphatic carboxylic acids is 1. The van der Waals surface area contributed by atoms with E-state index in [1.165, 1.54) is 17.7 Å². The highest BCUT2D eigenvalue weighted by molar-refractivity contribution is 5.82. The molecule has 2 aromatic heterocycles. The van der Waals surface area contributed by atoms with Crippen molar-refractivity contribution in [3.63, 3.8) is 0 Å². The third-order valence-electron chi connectivity index (χ3n) is 8.08. The van der Waals surface area contributed by atoms with Crippen LogP contribution in [0.1, 0.15) is 69.2 Å². The van der Waals surface area contributed by atoms with Gasteiger partial charge in [0.15, 0.2) is 0 Å². The molecule has 0 radical (unpaired) electrons. The molecule has 5 rings (SSSR count). The standard InChI is InChI=1S/C33H35F2N3O2/c1-3-16-33(34,35)27-19-30-29(18-22(27)4-2)37-32(38-30)26-14-15-28(36-20-26)25-7-5-6-23(12-13-25)24-10-8-21(9-11-24)17-31(39)40/h3,6-7,12-16,18-21,24H,4-5,8-11,17H2,1-2H3,(H,37,38)(H,39,40). The smallest absolute Gasteiger partial charge is 0.303 e. The second kappa shape index (κ2) is 11.7. The first-order valence-corrected chi connectivity index (χ1v) is 14.1. The Morgan fingerprint density at radius 3 is 2.62 bits per heavy atom. The Kier molecular flexibility index (Phi) is 8.10. The van der Waals surface area contributed by atoms with Gasteiger partial charge < -0.3 is 10.1 Å². The minimum Gasteiger partial charge on any atom is -0.481 e. The highest BCUT2D eigenvalue weighted by Gasteiger charge is 2.31. The van der Waals surface area contributed by atoms with Crippen LogP contribution in [0, 0.1) is 11.8 Å². The zero-order valence-corrected chi connectivity index (χ0v) is 23.0. The van der Waals surface area contributed by atoms with Crippen LogP contribution in [0.3, 0.4) is 0 Å². The maximum absolute atomic E-state index is 14.7. The summed E-state index contributed by atoms with van der Waals surface area (Å²) >= 11 is 0. The Bertz CT molecular complexity index is 1500. The number of pyridine rings is 1. The number of benzene rings is 1. The number of nitrogens with one attached hydrogen (secondary N) is 1. The molecular formula is C33H35F2N3O2. The number of aromatic nitrogens is 3. The summed E-state index contributed by atoms with van der Waals surface area (Å²) in [5, 5.41) is 9.07. The number of carboxylic acid groups (broad SMARTS) is 1. The number of allylic oxidation sites excluding steroid dienone is 8. The number of carbonyl (C=O) groups is 1. The molecule has 0 spiro atoms. The number of aromatic amines is 1. The Labute approximate surface area is 233 Å². The van der Waals surface area contributed by atoms with E-state index in [1.807, 2.05) is 19.1 Å². The zero-order chi connectivity index (χ0) is 28.3. The average molecular weight is 544 g/mol. The van der Waals surface area contributed by atoms with Gasteiger partial charge in [0.1, 0.15) is 5.82 Å². The number of aryl methyl sites for hydroxylation is 1. The molecule has 0 saturated heterocycles. The number of fused-ring (bicyclic) bond motifs is 1. The van der Waals surface area contributed by atoms with Gasteiger partial charge in [-0.1, -0.05) is 37.3 Å². The van der Waals surface area contributed by atoms with Gasteiger partial charge >= 0.3 is 5.97 Å². The van der Waals surface area contributed by atoms with Gasteiger partial charge in [0, 0.05) is 23.7 Å². The molecule has 208 valence electrons. The number of nitrogens with zero attached hydrogens (tertiary/aromatic N) is 2. The first-order chi connectivity index (χ1) is 19.3. The third kappa shape index (κ3) is 5.98. The first-order valence-electron chi connectivity index (χ1n) is 14.1. The average Bonchev–Trinajstić information content (AvgIpc) is 3.20. The minimum atomic E-state index is -3.05.